The Morgan fingerprint density at radius 1 is 0.917 bits per heavy atom. The molecular weight excluding hydrogens is 473 g/mol. The van der Waals surface area contributed by atoms with Crippen LogP contribution < -0.4 is 21.1 Å². The van der Waals surface area contributed by atoms with Gasteiger partial charge in [0.1, 0.15) is 17.3 Å². The lowest BCUT2D eigenvalue weighted by molar-refractivity contribution is -0.138. The molecule has 36 heavy (non-hydrogen) atoms. The second kappa shape index (κ2) is 10.0. The number of carbonyl (C=O) groups excluding carboxylic acids is 2. The molecule has 4 N–H and O–H groups in total. The first-order valence-corrected chi connectivity index (χ1v) is 10.8. The van der Waals surface area contributed by atoms with Crippen LogP contribution in [0, 0.1) is 0 Å². The number of amides is 2. The molecule has 0 saturated carbocycles. The first kappa shape index (κ1) is 24.7. The van der Waals surface area contributed by atoms with Crippen molar-refractivity contribution in [3.63, 3.8) is 0 Å². The molecule has 0 aliphatic heterocycles. The first-order valence-electron chi connectivity index (χ1n) is 10.8. The molecule has 1 aromatic heterocycles. The Bertz CT molecular complexity index is 1450. The fraction of sp³-hybridized carbons (Fsp3) is 0.115. The van der Waals surface area contributed by atoms with E-state index in [-0.39, 0.29) is 29.3 Å². The minimum Gasteiger partial charge on any atom is -0.457 e. The molecule has 4 aromatic rings. The third-order valence-corrected chi connectivity index (χ3v) is 5.24. The number of pyridine rings is 1. The van der Waals surface area contributed by atoms with E-state index in [4.69, 9.17) is 10.5 Å². The molecule has 7 nitrogen and oxygen atoms in total. The number of carbonyl (C=O) groups is 2. The van der Waals surface area contributed by atoms with Crippen LogP contribution in [0.25, 0.3) is 10.8 Å². The topological polar surface area (TPSA) is 106 Å². The van der Waals surface area contributed by atoms with Crippen LogP contribution in [0.15, 0.2) is 72.9 Å². The van der Waals surface area contributed by atoms with Gasteiger partial charge in [-0.25, -0.2) is 4.98 Å². The zero-order chi connectivity index (χ0) is 25.9. The van der Waals surface area contributed by atoms with E-state index >= 15 is 0 Å². The normalized spacial score (nSPS) is 11.2. The fourth-order valence-corrected chi connectivity index (χ4v) is 3.59. The summed E-state index contributed by atoms with van der Waals surface area (Å²) in [5, 5.41) is 6.60. The highest BCUT2D eigenvalue weighted by atomic mass is 19.4. The zero-order valence-electron chi connectivity index (χ0n) is 19.0. The lowest BCUT2D eigenvalue weighted by Crippen LogP contribution is -2.15. The number of hydrogen-bond donors (Lipinski definition) is 3. The number of benzene rings is 3. The first-order chi connectivity index (χ1) is 17.1. The Labute approximate surface area is 204 Å². The number of hydrogen-bond acceptors (Lipinski definition) is 5. The average Bonchev–Trinajstić information content (AvgIpc) is 2.83. The van der Waals surface area contributed by atoms with Crippen molar-refractivity contribution in [1.82, 2.24) is 4.98 Å². The van der Waals surface area contributed by atoms with Gasteiger partial charge >= 0.3 is 6.18 Å². The van der Waals surface area contributed by atoms with E-state index in [0.29, 0.717) is 22.7 Å². The van der Waals surface area contributed by atoms with Crippen molar-refractivity contribution in [2.45, 2.75) is 19.6 Å². The maximum absolute atomic E-state index is 13.3. The zero-order valence-corrected chi connectivity index (χ0v) is 19.0. The number of fused-ring (bicyclic) bond motifs is 1. The Morgan fingerprint density at radius 2 is 1.67 bits per heavy atom. The SMILES string of the molecule is CC(=O)Nc1cc(Oc2ccc3ccc(C(=O)Nc4ccc(CN)c(C(F)(F)F)c4)cc3c2)ccn1. The van der Waals surface area contributed by atoms with Gasteiger partial charge in [0.05, 0.1) is 5.56 Å². The molecule has 3 aromatic carbocycles. The summed E-state index contributed by atoms with van der Waals surface area (Å²) in [4.78, 5) is 28.1. The average molecular weight is 494 g/mol. The Hall–Kier alpha value is -4.44. The van der Waals surface area contributed by atoms with E-state index in [9.17, 15) is 22.8 Å². The quantitative estimate of drug-likeness (QED) is 0.318. The summed E-state index contributed by atoms with van der Waals surface area (Å²) >= 11 is 0. The molecule has 4 rings (SSSR count). The van der Waals surface area contributed by atoms with Crippen molar-refractivity contribution in [1.29, 1.82) is 0 Å². The Morgan fingerprint density at radius 3 is 2.39 bits per heavy atom. The highest BCUT2D eigenvalue weighted by Crippen LogP contribution is 2.34. The maximum atomic E-state index is 13.3. The molecule has 0 atom stereocenters. The second-order valence-corrected chi connectivity index (χ2v) is 7.91. The third-order valence-electron chi connectivity index (χ3n) is 5.24. The molecule has 0 radical (unpaired) electrons. The van der Waals surface area contributed by atoms with Gasteiger partial charge in [0, 0.05) is 37.0 Å². The summed E-state index contributed by atoms with van der Waals surface area (Å²) in [5.74, 6) is 0.440. The number of rotatable bonds is 6. The van der Waals surface area contributed by atoms with Crippen molar-refractivity contribution in [2.75, 3.05) is 10.6 Å². The predicted molar refractivity (Wildman–Crippen MR) is 130 cm³/mol. The van der Waals surface area contributed by atoms with Crippen molar-refractivity contribution >= 4 is 34.1 Å². The van der Waals surface area contributed by atoms with Crippen LogP contribution in [0.4, 0.5) is 24.7 Å². The van der Waals surface area contributed by atoms with E-state index < -0.39 is 17.6 Å². The van der Waals surface area contributed by atoms with Crippen molar-refractivity contribution in [2.24, 2.45) is 5.73 Å². The van der Waals surface area contributed by atoms with Gasteiger partial charge in [0.2, 0.25) is 5.91 Å². The number of alkyl halides is 3. The van der Waals surface area contributed by atoms with Gasteiger partial charge in [0.25, 0.3) is 5.91 Å². The van der Waals surface area contributed by atoms with Crippen molar-refractivity contribution in [3.05, 3.63) is 89.6 Å². The molecule has 0 aliphatic rings. The molecule has 0 spiro atoms. The van der Waals surface area contributed by atoms with E-state index in [1.54, 1.807) is 42.5 Å². The molecular formula is C26H21F3N4O3. The van der Waals surface area contributed by atoms with Gasteiger partial charge in [-0.15, -0.1) is 0 Å². The van der Waals surface area contributed by atoms with Crippen LogP contribution >= 0.6 is 0 Å². The molecule has 0 unspecified atom stereocenters. The van der Waals surface area contributed by atoms with Gasteiger partial charge in [-0.2, -0.15) is 13.2 Å². The van der Waals surface area contributed by atoms with Crippen LogP contribution in [0.3, 0.4) is 0 Å². The van der Waals surface area contributed by atoms with Crippen LogP contribution in [0.1, 0.15) is 28.4 Å². The van der Waals surface area contributed by atoms with E-state index in [2.05, 4.69) is 15.6 Å². The summed E-state index contributed by atoms with van der Waals surface area (Å²) in [6, 6.07) is 16.9. The molecule has 0 aliphatic carbocycles. The van der Waals surface area contributed by atoms with Crippen LogP contribution in [-0.2, 0) is 17.5 Å². The van der Waals surface area contributed by atoms with E-state index in [1.807, 2.05) is 6.07 Å². The van der Waals surface area contributed by atoms with Crippen LogP contribution in [0.2, 0.25) is 0 Å². The molecule has 184 valence electrons. The lowest BCUT2D eigenvalue weighted by atomic mass is 10.0. The summed E-state index contributed by atoms with van der Waals surface area (Å²) in [7, 11) is 0. The highest BCUT2D eigenvalue weighted by molar-refractivity contribution is 6.06. The number of ether oxygens (including phenoxy) is 1. The lowest BCUT2D eigenvalue weighted by Gasteiger charge is -2.14. The van der Waals surface area contributed by atoms with Gasteiger partial charge < -0.3 is 21.1 Å². The van der Waals surface area contributed by atoms with Gasteiger partial charge in [-0.05, 0) is 58.8 Å². The minimum atomic E-state index is -4.59. The summed E-state index contributed by atoms with van der Waals surface area (Å²) in [6.07, 6.45) is -3.10. The van der Waals surface area contributed by atoms with Crippen LogP contribution in [0.5, 0.6) is 11.5 Å². The summed E-state index contributed by atoms with van der Waals surface area (Å²) in [6.45, 7) is 1.10. The summed E-state index contributed by atoms with van der Waals surface area (Å²) < 4.78 is 45.8. The smallest absolute Gasteiger partial charge is 0.416 e. The van der Waals surface area contributed by atoms with E-state index in [1.165, 1.54) is 25.3 Å². The monoisotopic (exact) mass is 494 g/mol. The molecule has 2 amide bonds. The molecule has 0 bridgehead atoms. The highest BCUT2D eigenvalue weighted by Gasteiger charge is 2.33. The molecule has 1 heterocycles. The van der Waals surface area contributed by atoms with Crippen LogP contribution in [-0.4, -0.2) is 16.8 Å². The number of anilines is 2. The molecule has 10 heteroatoms. The van der Waals surface area contributed by atoms with Crippen molar-refractivity contribution in [3.8, 4) is 11.5 Å². The van der Waals surface area contributed by atoms with Gasteiger partial charge in [-0.1, -0.05) is 18.2 Å². The van der Waals surface area contributed by atoms with Crippen molar-refractivity contribution < 1.29 is 27.5 Å². The number of nitrogens with two attached hydrogens (primary N) is 1. The number of aromatic nitrogens is 1. The van der Waals surface area contributed by atoms with Gasteiger partial charge in [0.15, 0.2) is 0 Å². The maximum Gasteiger partial charge on any atom is 0.416 e. The molecule has 0 saturated heterocycles. The minimum absolute atomic E-state index is 0.00867. The Balaban J connectivity index is 1.56. The Kier molecular flexibility index (Phi) is 6.89. The number of nitrogens with one attached hydrogen (secondary N) is 2. The second-order valence-electron chi connectivity index (χ2n) is 7.91. The summed E-state index contributed by atoms with van der Waals surface area (Å²) in [5.41, 5.74) is 4.73. The number of nitrogens with zero attached hydrogens (tertiary/aromatic N) is 1. The third kappa shape index (κ3) is 5.78. The fourth-order valence-electron chi connectivity index (χ4n) is 3.59. The standard InChI is InChI=1S/C26H21F3N4O3/c1-15(34)32-24-13-22(8-9-31-24)36-21-7-5-16-2-3-17(10-19(16)11-21)25(35)33-20-6-4-18(14-30)23(12-20)26(27,28)29/h2-13H,14,30H2,1H3,(H,33,35)(H,31,32,34). The van der Waals surface area contributed by atoms with E-state index in [0.717, 1.165) is 11.5 Å². The van der Waals surface area contributed by atoms with Gasteiger partial charge in [-0.3, -0.25) is 9.59 Å². The predicted octanol–water partition coefficient (Wildman–Crippen LogP) is 5.72. The number of halogens is 3. The largest absolute Gasteiger partial charge is 0.457 e. The molecule has 0 fully saturated rings.